The van der Waals surface area contributed by atoms with Gasteiger partial charge >= 0.3 is 0 Å². The SMILES string of the molecule is Cc1cc(NC(=O)C(C)N)ccc1Br.Cl. The second kappa shape index (κ2) is 6.10. The summed E-state index contributed by atoms with van der Waals surface area (Å²) < 4.78 is 1.02. The summed E-state index contributed by atoms with van der Waals surface area (Å²) in [5, 5.41) is 2.72. The van der Waals surface area contributed by atoms with Crippen LogP contribution in [-0.2, 0) is 4.79 Å². The fourth-order valence-corrected chi connectivity index (χ4v) is 1.23. The highest BCUT2D eigenvalue weighted by Gasteiger charge is 2.07. The normalized spacial score (nSPS) is 11.5. The largest absolute Gasteiger partial charge is 0.325 e. The maximum Gasteiger partial charge on any atom is 0.240 e. The van der Waals surface area contributed by atoms with Gasteiger partial charge in [0.25, 0.3) is 0 Å². The van der Waals surface area contributed by atoms with E-state index in [9.17, 15) is 4.79 Å². The first kappa shape index (κ1) is 14.4. The number of amides is 1. The van der Waals surface area contributed by atoms with E-state index in [2.05, 4.69) is 21.2 Å². The number of rotatable bonds is 2. The molecule has 1 atom stereocenters. The smallest absolute Gasteiger partial charge is 0.240 e. The second-order valence-corrected chi connectivity index (χ2v) is 4.10. The standard InChI is InChI=1S/C10H13BrN2O.ClH/c1-6-5-8(3-4-9(6)11)13-10(14)7(2)12;/h3-5,7H,12H2,1-2H3,(H,13,14);1H. The molecule has 1 rings (SSSR count). The van der Waals surface area contributed by atoms with E-state index in [0.717, 1.165) is 15.7 Å². The molecule has 0 aliphatic carbocycles. The minimum atomic E-state index is -0.487. The minimum Gasteiger partial charge on any atom is -0.325 e. The van der Waals surface area contributed by atoms with E-state index in [-0.39, 0.29) is 18.3 Å². The van der Waals surface area contributed by atoms with Crippen molar-refractivity contribution in [1.82, 2.24) is 0 Å². The number of aryl methyl sites for hydroxylation is 1. The van der Waals surface area contributed by atoms with Crippen molar-refractivity contribution in [1.29, 1.82) is 0 Å². The lowest BCUT2D eigenvalue weighted by atomic mass is 10.2. The number of anilines is 1. The zero-order valence-electron chi connectivity index (χ0n) is 8.58. The van der Waals surface area contributed by atoms with E-state index in [1.165, 1.54) is 0 Å². The molecule has 0 saturated carbocycles. The van der Waals surface area contributed by atoms with E-state index in [1.807, 2.05) is 25.1 Å². The fourth-order valence-electron chi connectivity index (χ4n) is 0.979. The lowest BCUT2D eigenvalue weighted by Gasteiger charge is -2.08. The van der Waals surface area contributed by atoms with Gasteiger partial charge in [0.05, 0.1) is 6.04 Å². The van der Waals surface area contributed by atoms with Crippen LogP contribution in [0.5, 0.6) is 0 Å². The van der Waals surface area contributed by atoms with E-state index >= 15 is 0 Å². The first-order chi connectivity index (χ1) is 6.50. The summed E-state index contributed by atoms with van der Waals surface area (Å²) in [5.41, 5.74) is 7.28. The van der Waals surface area contributed by atoms with E-state index < -0.39 is 6.04 Å². The van der Waals surface area contributed by atoms with Crippen molar-refractivity contribution >= 4 is 39.9 Å². The molecule has 0 bridgehead atoms. The van der Waals surface area contributed by atoms with Crippen molar-refractivity contribution in [2.75, 3.05) is 5.32 Å². The van der Waals surface area contributed by atoms with Gasteiger partial charge in [0.1, 0.15) is 0 Å². The summed E-state index contributed by atoms with van der Waals surface area (Å²) in [7, 11) is 0. The number of hydrogen-bond acceptors (Lipinski definition) is 2. The van der Waals surface area contributed by atoms with Crippen LogP contribution in [0.2, 0.25) is 0 Å². The van der Waals surface area contributed by atoms with Gasteiger partial charge in [-0.1, -0.05) is 15.9 Å². The van der Waals surface area contributed by atoms with Crippen LogP contribution < -0.4 is 11.1 Å². The Labute approximate surface area is 104 Å². The molecule has 15 heavy (non-hydrogen) atoms. The van der Waals surface area contributed by atoms with Gasteiger partial charge in [0.2, 0.25) is 5.91 Å². The van der Waals surface area contributed by atoms with Gasteiger partial charge in [-0.2, -0.15) is 0 Å². The monoisotopic (exact) mass is 292 g/mol. The quantitative estimate of drug-likeness (QED) is 0.880. The lowest BCUT2D eigenvalue weighted by Crippen LogP contribution is -2.32. The first-order valence-corrected chi connectivity index (χ1v) is 5.12. The molecule has 0 aromatic heterocycles. The zero-order valence-corrected chi connectivity index (χ0v) is 11.0. The van der Waals surface area contributed by atoms with Gasteiger partial charge in [-0.05, 0) is 37.6 Å². The van der Waals surface area contributed by atoms with Crippen molar-refractivity contribution in [2.45, 2.75) is 19.9 Å². The highest BCUT2D eigenvalue weighted by molar-refractivity contribution is 9.10. The van der Waals surface area contributed by atoms with Crippen LogP contribution in [0.4, 0.5) is 5.69 Å². The third-order valence-electron chi connectivity index (χ3n) is 1.84. The number of hydrogen-bond donors (Lipinski definition) is 2. The molecule has 3 nitrogen and oxygen atoms in total. The molecule has 3 N–H and O–H groups in total. The maximum atomic E-state index is 11.3. The molecule has 0 heterocycles. The number of nitrogens with two attached hydrogens (primary N) is 1. The first-order valence-electron chi connectivity index (χ1n) is 4.33. The van der Waals surface area contributed by atoms with Crippen LogP contribution in [0.15, 0.2) is 22.7 Å². The highest BCUT2D eigenvalue weighted by atomic mass is 79.9. The fraction of sp³-hybridized carbons (Fsp3) is 0.300. The Balaban J connectivity index is 0.00000196. The predicted molar refractivity (Wildman–Crippen MR) is 68.4 cm³/mol. The van der Waals surface area contributed by atoms with Crippen LogP contribution in [0.25, 0.3) is 0 Å². The number of nitrogens with one attached hydrogen (secondary N) is 1. The Morgan fingerprint density at radius 3 is 2.60 bits per heavy atom. The van der Waals surface area contributed by atoms with Crippen molar-refractivity contribution in [3.8, 4) is 0 Å². The highest BCUT2D eigenvalue weighted by Crippen LogP contribution is 2.19. The summed E-state index contributed by atoms with van der Waals surface area (Å²) in [6.45, 7) is 3.62. The average Bonchev–Trinajstić information content (AvgIpc) is 2.11. The van der Waals surface area contributed by atoms with Crippen molar-refractivity contribution in [3.63, 3.8) is 0 Å². The van der Waals surface area contributed by atoms with E-state index in [0.29, 0.717) is 0 Å². The molecule has 84 valence electrons. The van der Waals surface area contributed by atoms with Gasteiger partial charge in [-0.3, -0.25) is 4.79 Å². The molecule has 0 fully saturated rings. The summed E-state index contributed by atoms with van der Waals surface area (Å²) in [6.07, 6.45) is 0. The molecule has 1 aromatic carbocycles. The van der Waals surface area contributed by atoms with Crippen molar-refractivity contribution < 1.29 is 4.79 Å². The van der Waals surface area contributed by atoms with Crippen molar-refractivity contribution in [2.24, 2.45) is 5.73 Å². The predicted octanol–water partition coefficient (Wildman–Crippen LogP) is 2.47. The number of carbonyl (C=O) groups is 1. The molecular weight excluding hydrogens is 279 g/mol. The summed E-state index contributed by atoms with van der Waals surface area (Å²) in [6, 6.07) is 5.13. The Bertz CT molecular complexity index is 355. The molecule has 1 unspecified atom stereocenters. The van der Waals surface area contributed by atoms with Crippen molar-refractivity contribution in [3.05, 3.63) is 28.2 Å². The third-order valence-corrected chi connectivity index (χ3v) is 2.73. The molecule has 0 saturated heterocycles. The van der Waals surface area contributed by atoms with Gasteiger partial charge in [0, 0.05) is 10.2 Å². The minimum absolute atomic E-state index is 0. The number of carbonyl (C=O) groups excluding carboxylic acids is 1. The third kappa shape index (κ3) is 4.20. The molecule has 0 aliphatic heterocycles. The Hall–Kier alpha value is -0.580. The molecular formula is C10H14BrClN2O. The average molecular weight is 294 g/mol. The van der Waals surface area contributed by atoms with Crippen LogP contribution in [-0.4, -0.2) is 11.9 Å². The summed E-state index contributed by atoms with van der Waals surface area (Å²) in [5.74, 6) is -0.174. The molecule has 0 radical (unpaired) electrons. The van der Waals surface area contributed by atoms with Crippen LogP contribution >= 0.6 is 28.3 Å². The zero-order chi connectivity index (χ0) is 10.7. The maximum absolute atomic E-state index is 11.3. The number of halogens is 2. The number of benzene rings is 1. The summed E-state index contributed by atoms with van der Waals surface area (Å²) >= 11 is 3.39. The van der Waals surface area contributed by atoms with Crippen LogP contribution in [0.3, 0.4) is 0 Å². The molecule has 0 spiro atoms. The molecule has 1 aromatic rings. The van der Waals surface area contributed by atoms with Crippen LogP contribution in [0.1, 0.15) is 12.5 Å². The van der Waals surface area contributed by atoms with Gasteiger partial charge in [0.15, 0.2) is 0 Å². The Morgan fingerprint density at radius 1 is 1.53 bits per heavy atom. The van der Waals surface area contributed by atoms with E-state index in [4.69, 9.17) is 5.73 Å². The lowest BCUT2D eigenvalue weighted by molar-refractivity contribution is -0.117. The topological polar surface area (TPSA) is 55.1 Å². The summed E-state index contributed by atoms with van der Waals surface area (Å²) in [4.78, 5) is 11.3. The van der Waals surface area contributed by atoms with Gasteiger partial charge in [-0.15, -0.1) is 12.4 Å². The second-order valence-electron chi connectivity index (χ2n) is 3.24. The van der Waals surface area contributed by atoms with Gasteiger partial charge in [-0.25, -0.2) is 0 Å². The van der Waals surface area contributed by atoms with E-state index in [1.54, 1.807) is 6.92 Å². The Morgan fingerprint density at radius 2 is 2.13 bits per heavy atom. The molecule has 5 heteroatoms. The molecule has 0 aliphatic rings. The Kier molecular flexibility index (Phi) is 5.87. The molecule has 1 amide bonds. The van der Waals surface area contributed by atoms with Gasteiger partial charge < -0.3 is 11.1 Å². The van der Waals surface area contributed by atoms with Crippen LogP contribution in [0, 0.1) is 6.92 Å².